The van der Waals surface area contributed by atoms with Crippen LogP contribution in [0.15, 0.2) is 17.5 Å². The van der Waals surface area contributed by atoms with Crippen molar-refractivity contribution >= 4 is 17.2 Å². The maximum Gasteiger partial charge on any atom is 0.239 e. The number of nitrogens with zero attached hydrogens (tertiary/aromatic N) is 1. The number of primary amides is 1. The number of carbonyl (C=O) groups is 1. The molecule has 0 spiro atoms. The lowest BCUT2D eigenvalue weighted by atomic mass is 10.2. The monoisotopic (exact) mass is 255 g/mol. The van der Waals surface area contributed by atoms with E-state index in [1.54, 1.807) is 11.3 Å². The van der Waals surface area contributed by atoms with E-state index in [0.29, 0.717) is 0 Å². The topological polar surface area (TPSA) is 58.4 Å². The van der Waals surface area contributed by atoms with Gasteiger partial charge in [-0.15, -0.1) is 11.3 Å². The second kappa shape index (κ2) is 7.42. The molecule has 1 aromatic rings. The van der Waals surface area contributed by atoms with Crippen LogP contribution in [0.2, 0.25) is 0 Å². The van der Waals surface area contributed by atoms with Gasteiger partial charge in [-0.05, 0) is 24.5 Å². The summed E-state index contributed by atoms with van der Waals surface area (Å²) in [6.07, 6.45) is 0. The highest BCUT2D eigenvalue weighted by Crippen LogP contribution is 2.18. The van der Waals surface area contributed by atoms with Gasteiger partial charge < -0.3 is 16.0 Å². The molecule has 1 amide bonds. The highest BCUT2D eigenvalue weighted by atomic mass is 32.1. The van der Waals surface area contributed by atoms with Crippen LogP contribution in [-0.2, 0) is 4.79 Å². The van der Waals surface area contributed by atoms with Gasteiger partial charge in [-0.25, -0.2) is 0 Å². The molecule has 0 saturated carbocycles. The van der Waals surface area contributed by atoms with Crippen molar-refractivity contribution in [2.24, 2.45) is 5.73 Å². The van der Waals surface area contributed by atoms with Crippen molar-refractivity contribution in [1.82, 2.24) is 10.2 Å². The number of nitrogens with one attached hydrogen (secondary N) is 1. The van der Waals surface area contributed by atoms with E-state index in [1.807, 2.05) is 17.5 Å². The third-order valence-corrected chi connectivity index (χ3v) is 3.72. The molecule has 1 heterocycles. The Kier molecular flexibility index (Phi) is 6.18. The van der Waals surface area contributed by atoms with Crippen molar-refractivity contribution in [3.63, 3.8) is 0 Å². The van der Waals surface area contributed by atoms with Crippen molar-refractivity contribution in [3.8, 4) is 0 Å². The lowest BCUT2D eigenvalue weighted by molar-refractivity contribution is -0.120. The van der Waals surface area contributed by atoms with Crippen molar-refractivity contribution in [2.75, 3.05) is 26.2 Å². The van der Waals surface area contributed by atoms with Crippen molar-refractivity contribution < 1.29 is 4.79 Å². The van der Waals surface area contributed by atoms with Crippen molar-refractivity contribution in [2.45, 2.75) is 19.9 Å². The van der Waals surface area contributed by atoms with Gasteiger partial charge in [0.15, 0.2) is 0 Å². The van der Waals surface area contributed by atoms with Crippen LogP contribution in [0.25, 0.3) is 0 Å². The van der Waals surface area contributed by atoms with E-state index >= 15 is 0 Å². The minimum atomic E-state index is -0.356. The third kappa shape index (κ3) is 4.46. The molecule has 4 nitrogen and oxygen atoms in total. The van der Waals surface area contributed by atoms with Gasteiger partial charge in [0.1, 0.15) is 6.04 Å². The van der Waals surface area contributed by atoms with Crippen LogP contribution in [0.1, 0.15) is 24.8 Å². The highest BCUT2D eigenvalue weighted by Gasteiger charge is 2.17. The smallest absolute Gasteiger partial charge is 0.239 e. The zero-order valence-electron chi connectivity index (χ0n) is 10.5. The molecule has 5 heteroatoms. The molecule has 0 saturated heterocycles. The quantitative estimate of drug-likeness (QED) is 0.734. The lowest BCUT2D eigenvalue weighted by Gasteiger charge is -2.20. The average molecular weight is 255 g/mol. The Morgan fingerprint density at radius 1 is 1.53 bits per heavy atom. The van der Waals surface area contributed by atoms with Crippen LogP contribution in [0.3, 0.4) is 0 Å². The molecule has 0 aliphatic heterocycles. The summed E-state index contributed by atoms with van der Waals surface area (Å²) in [4.78, 5) is 14.7. The summed E-state index contributed by atoms with van der Waals surface area (Å²) in [5.41, 5.74) is 5.40. The molecule has 0 bridgehead atoms. The van der Waals surface area contributed by atoms with Gasteiger partial charge in [0.25, 0.3) is 0 Å². The number of nitrogens with two attached hydrogens (primary N) is 1. The Labute approximate surface area is 107 Å². The van der Waals surface area contributed by atoms with E-state index in [1.165, 1.54) is 0 Å². The van der Waals surface area contributed by atoms with Crippen molar-refractivity contribution in [3.05, 3.63) is 22.4 Å². The zero-order valence-corrected chi connectivity index (χ0v) is 11.3. The van der Waals surface area contributed by atoms with Gasteiger partial charge in [0.05, 0.1) is 0 Å². The van der Waals surface area contributed by atoms with E-state index in [0.717, 1.165) is 31.1 Å². The minimum Gasteiger partial charge on any atom is -0.368 e. The van der Waals surface area contributed by atoms with Gasteiger partial charge in [0.2, 0.25) is 5.91 Å². The second-order valence-electron chi connectivity index (χ2n) is 3.83. The Hall–Kier alpha value is -0.910. The van der Waals surface area contributed by atoms with Gasteiger partial charge in [-0.3, -0.25) is 4.79 Å². The first-order valence-electron chi connectivity index (χ1n) is 5.97. The molecule has 0 aliphatic carbocycles. The maximum atomic E-state index is 11.4. The van der Waals surface area contributed by atoms with E-state index in [4.69, 9.17) is 5.73 Å². The SMILES string of the molecule is CCN(CC)CCNC(C(N)=O)c1cccs1. The third-order valence-electron chi connectivity index (χ3n) is 2.78. The molecule has 17 heavy (non-hydrogen) atoms. The average Bonchev–Trinajstić information content (AvgIpc) is 2.82. The number of rotatable bonds is 8. The number of amides is 1. The number of likely N-dealkylation sites (N-methyl/N-ethyl adjacent to an activating group) is 1. The molecule has 1 rings (SSSR count). The maximum absolute atomic E-state index is 11.4. The fourth-order valence-electron chi connectivity index (χ4n) is 1.70. The second-order valence-corrected chi connectivity index (χ2v) is 4.81. The van der Waals surface area contributed by atoms with Crippen LogP contribution in [0.4, 0.5) is 0 Å². The standard InChI is InChI=1S/C12H21N3OS/c1-3-15(4-2)8-7-14-11(12(13)16)10-6-5-9-17-10/h5-6,9,11,14H,3-4,7-8H2,1-2H3,(H2,13,16). The molecule has 0 aliphatic rings. The van der Waals surface area contributed by atoms with Gasteiger partial charge in [0, 0.05) is 18.0 Å². The van der Waals surface area contributed by atoms with E-state index < -0.39 is 0 Å². The molecule has 3 N–H and O–H groups in total. The largest absolute Gasteiger partial charge is 0.368 e. The van der Waals surface area contributed by atoms with Gasteiger partial charge >= 0.3 is 0 Å². The van der Waals surface area contributed by atoms with E-state index in [9.17, 15) is 4.79 Å². The van der Waals surface area contributed by atoms with E-state index in [2.05, 4.69) is 24.1 Å². The van der Waals surface area contributed by atoms with Crippen LogP contribution in [-0.4, -0.2) is 37.0 Å². The molecule has 0 aromatic carbocycles. The Morgan fingerprint density at radius 2 is 2.24 bits per heavy atom. The summed E-state index contributed by atoms with van der Waals surface area (Å²) in [6, 6.07) is 3.51. The Bertz CT molecular complexity index is 323. The summed E-state index contributed by atoms with van der Waals surface area (Å²) in [6.45, 7) is 8.02. The molecule has 1 unspecified atom stereocenters. The Morgan fingerprint density at radius 3 is 2.71 bits per heavy atom. The number of thiophene rings is 1. The highest BCUT2D eigenvalue weighted by molar-refractivity contribution is 7.10. The zero-order chi connectivity index (χ0) is 12.7. The predicted molar refractivity (Wildman–Crippen MR) is 72.0 cm³/mol. The number of carbonyl (C=O) groups excluding carboxylic acids is 1. The fraction of sp³-hybridized carbons (Fsp3) is 0.583. The molecule has 0 radical (unpaired) electrons. The van der Waals surface area contributed by atoms with Gasteiger partial charge in [-0.1, -0.05) is 19.9 Å². The minimum absolute atomic E-state index is 0.313. The summed E-state index contributed by atoms with van der Waals surface area (Å²) in [5.74, 6) is -0.313. The normalized spacial score (nSPS) is 12.9. The van der Waals surface area contributed by atoms with Crippen molar-refractivity contribution in [1.29, 1.82) is 0 Å². The van der Waals surface area contributed by atoms with E-state index in [-0.39, 0.29) is 11.9 Å². The van der Waals surface area contributed by atoms with Gasteiger partial charge in [-0.2, -0.15) is 0 Å². The first-order chi connectivity index (χ1) is 8.19. The molecule has 1 atom stereocenters. The molecular weight excluding hydrogens is 234 g/mol. The summed E-state index contributed by atoms with van der Waals surface area (Å²) >= 11 is 1.55. The molecule has 1 aromatic heterocycles. The number of hydrogen-bond acceptors (Lipinski definition) is 4. The Balaban J connectivity index is 2.44. The first kappa shape index (κ1) is 14.2. The molecule has 96 valence electrons. The van der Waals surface area contributed by atoms with Crippen LogP contribution >= 0.6 is 11.3 Å². The molecular formula is C12H21N3OS. The summed E-state index contributed by atoms with van der Waals surface area (Å²) < 4.78 is 0. The fourth-order valence-corrected chi connectivity index (χ4v) is 2.51. The summed E-state index contributed by atoms with van der Waals surface area (Å²) in [5, 5.41) is 5.17. The van der Waals surface area contributed by atoms with Crippen LogP contribution in [0.5, 0.6) is 0 Å². The summed E-state index contributed by atoms with van der Waals surface area (Å²) in [7, 11) is 0. The number of hydrogen-bond donors (Lipinski definition) is 2. The first-order valence-corrected chi connectivity index (χ1v) is 6.85. The lowest BCUT2D eigenvalue weighted by Crippen LogP contribution is -2.38. The van der Waals surface area contributed by atoms with Crippen LogP contribution in [0, 0.1) is 0 Å². The molecule has 0 fully saturated rings. The van der Waals surface area contributed by atoms with Crippen LogP contribution < -0.4 is 11.1 Å². The predicted octanol–water partition coefficient (Wildman–Crippen LogP) is 1.21.